The number of H-pyrrole nitrogens is 1. The standard InChI is InChI=1S/C21H16N2O4S.2C20H16N4O3S/c24-21(20-13-18-19(27-20)7-4-12-22-18)23-14-15-8-10-17(11-9-15)28(25,26)16-5-2-1-3-6-16;25-20(18-14-24-11-10-21-19(24)13-22-18)23-12-15-6-8-17(9-7-15)28(26,27)16-4-2-1-3-5-16;25-20(18-10-15-13-21-9-8-17(15)24-18)23-12-14-6-7-19(22-11-14)28(26,27)16-4-2-1-3-5-16/h1-13H,14H2,(H,23,24);1-11,13-14H,12H2,(H,23,25);1-11,13,24H,12H2,(H,23,25). The summed E-state index contributed by atoms with van der Waals surface area (Å²) in [5.74, 6) is -0.773. The monoisotopic (exact) mass is 1180 g/mol. The lowest BCUT2D eigenvalue weighted by molar-refractivity contribution is 0.0921. The van der Waals surface area contributed by atoms with E-state index in [0.29, 0.717) is 28.0 Å². The number of amides is 3. The lowest BCUT2D eigenvalue weighted by Crippen LogP contribution is -2.24. The fraction of sp³-hybridized carbons (Fsp3) is 0.0492. The third-order valence-corrected chi connectivity index (χ3v) is 18.0. The van der Waals surface area contributed by atoms with E-state index in [4.69, 9.17) is 4.42 Å². The number of benzene rings is 5. The van der Waals surface area contributed by atoms with Crippen molar-refractivity contribution in [2.75, 3.05) is 0 Å². The summed E-state index contributed by atoms with van der Waals surface area (Å²) in [6.07, 6.45) is 12.9. The smallest absolute Gasteiger partial charge is 0.287 e. The minimum Gasteiger partial charge on any atom is -0.449 e. The van der Waals surface area contributed by atoms with Gasteiger partial charge in [0.15, 0.2) is 22.0 Å². The van der Waals surface area contributed by atoms with Crippen molar-refractivity contribution in [3.8, 4) is 0 Å². The van der Waals surface area contributed by atoms with Gasteiger partial charge in [0, 0.05) is 80.0 Å². The van der Waals surface area contributed by atoms with E-state index in [1.807, 2.05) is 0 Å². The second-order valence-corrected chi connectivity index (χ2v) is 24.2. The third kappa shape index (κ3) is 13.3. The number of hydrogen-bond acceptors (Lipinski definition) is 15. The molecule has 0 atom stereocenters. The Balaban J connectivity index is 0.000000140. The van der Waals surface area contributed by atoms with Gasteiger partial charge in [-0.15, -0.1) is 0 Å². The van der Waals surface area contributed by atoms with Crippen LogP contribution in [0.4, 0.5) is 0 Å². The predicted molar refractivity (Wildman–Crippen MR) is 309 cm³/mol. The number of carbonyl (C=O) groups is 3. The van der Waals surface area contributed by atoms with Crippen molar-refractivity contribution >= 4 is 74.9 Å². The SMILES string of the molecule is O=C(NCc1ccc(S(=O)(=O)c2ccccc2)cc1)c1cc2ncccc2o1.O=C(NCc1ccc(S(=O)(=O)c2ccccc2)cc1)c1cn2ccnc2cn1.O=C(NCc1ccc(S(=O)(=O)c2ccccc2)nc1)c1cc2cnccc2[nH]1. The predicted octanol–water partition coefficient (Wildman–Crippen LogP) is 8.80. The molecule has 4 N–H and O–H groups in total. The highest BCUT2D eigenvalue weighted by Gasteiger charge is 2.21. The van der Waals surface area contributed by atoms with Crippen LogP contribution in [0.2, 0.25) is 0 Å². The Bertz CT molecular complexity index is 4200. The van der Waals surface area contributed by atoms with E-state index in [2.05, 4.69) is 45.9 Å². The van der Waals surface area contributed by atoms with Crippen molar-refractivity contribution in [3.05, 3.63) is 265 Å². The molecule has 0 aliphatic heterocycles. The van der Waals surface area contributed by atoms with E-state index in [1.165, 1.54) is 42.7 Å². The average Bonchev–Trinajstić information content (AvgIpc) is 4.39. The maximum Gasteiger partial charge on any atom is 0.287 e. The normalized spacial score (nSPS) is 11.4. The Kier molecular flexibility index (Phi) is 17.0. The first kappa shape index (κ1) is 56.8. The van der Waals surface area contributed by atoms with Crippen molar-refractivity contribution in [2.24, 2.45) is 0 Å². The van der Waals surface area contributed by atoms with Crippen molar-refractivity contribution in [2.45, 2.75) is 49.1 Å². The number of nitrogens with zero attached hydrogens (tertiary/aromatic N) is 6. The van der Waals surface area contributed by atoms with Crippen LogP contribution in [-0.4, -0.2) is 77.3 Å². The molecule has 20 nitrogen and oxygen atoms in total. The van der Waals surface area contributed by atoms with Crippen molar-refractivity contribution < 1.29 is 44.1 Å². The molecule has 420 valence electrons. The van der Waals surface area contributed by atoms with E-state index in [9.17, 15) is 39.6 Å². The van der Waals surface area contributed by atoms with Gasteiger partial charge in [-0.25, -0.2) is 40.2 Å². The number of sulfone groups is 3. The number of aromatic amines is 1. The number of pyridine rings is 3. The summed E-state index contributed by atoms with van der Waals surface area (Å²) in [7, 11) is -10.8. The molecule has 3 amide bonds. The van der Waals surface area contributed by atoms with Crippen LogP contribution in [0.5, 0.6) is 0 Å². The Morgan fingerprint density at radius 3 is 1.60 bits per heavy atom. The highest BCUT2D eigenvalue weighted by atomic mass is 32.2. The largest absolute Gasteiger partial charge is 0.449 e. The third-order valence-electron chi connectivity index (χ3n) is 12.7. The van der Waals surface area contributed by atoms with E-state index in [-0.39, 0.29) is 78.3 Å². The molecule has 12 aromatic rings. The molecule has 23 heteroatoms. The fourth-order valence-electron chi connectivity index (χ4n) is 8.28. The maximum absolute atomic E-state index is 12.6. The summed E-state index contributed by atoms with van der Waals surface area (Å²) in [5.41, 5.74) is 5.60. The zero-order valence-corrected chi connectivity index (χ0v) is 46.5. The Morgan fingerprint density at radius 2 is 1.02 bits per heavy atom. The summed E-state index contributed by atoms with van der Waals surface area (Å²) >= 11 is 0. The molecule has 0 fully saturated rings. The summed E-state index contributed by atoms with van der Waals surface area (Å²) in [4.78, 5) is 61.4. The van der Waals surface area contributed by atoms with Crippen molar-refractivity contribution in [1.29, 1.82) is 0 Å². The van der Waals surface area contributed by atoms with Gasteiger partial charge in [0.2, 0.25) is 29.5 Å². The first-order valence-corrected chi connectivity index (χ1v) is 30.0. The number of nitrogens with one attached hydrogen (secondary N) is 4. The van der Waals surface area contributed by atoms with Gasteiger partial charge in [0.1, 0.15) is 16.9 Å². The summed E-state index contributed by atoms with van der Waals surface area (Å²) < 4.78 is 82.6. The minimum absolute atomic E-state index is 0.0307. The molecule has 0 aliphatic rings. The second-order valence-electron chi connectivity index (χ2n) is 18.4. The van der Waals surface area contributed by atoms with Gasteiger partial charge in [0.05, 0.1) is 30.7 Å². The maximum atomic E-state index is 12.6. The molecule has 0 saturated heterocycles. The number of rotatable bonds is 15. The molecule has 0 unspecified atom stereocenters. The zero-order chi connectivity index (χ0) is 58.7. The van der Waals surface area contributed by atoms with Gasteiger partial charge in [0.25, 0.3) is 17.7 Å². The van der Waals surface area contributed by atoms with Gasteiger partial charge < -0.3 is 29.8 Å². The van der Waals surface area contributed by atoms with E-state index in [1.54, 1.807) is 193 Å². The lowest BCUT2D eigenvalue weighted by Gasteiger charge is -2.08. The van der Waals surface area contributed by atoms with Gasteiger partial charge in [-0.2, -0.15) is 0 Å². The molecule has 7 heterocycles. The van der Waals surface area contributed by atoms with Gasteiger partial charge in [-0.05, 0) is 108 Å². The number of furan rings is 1. The van der Waals surface area contributed by atoms with Gasteiger partial charge >= 0.3 is 0 Å². The topological polar surface area (TPSA) is 288 Å². The molecular weight excluding hydrogens is 1130 g/mol. The first-order valence-electron chi connectivity index (χ1n) is 25.6. The molecule has 5 aromatic carbocycles. The Morgan fingerprint density at radius 1 is 0.476 bits per heavy atom. The highest BCUT2D eigenvalue weighted by molar-refractivity contribution is 7.92. The quantitative estimate of drug-likeness (QED) is 0.0746. The van der Waals surface area contributed by atoms with Crippen molar-refractivity contribution in [1.82, 2.24) is 50.3 Å². The summed E-state index contributed by atoms with van der Waals surface area (Å²) in [6, 6.07) is 49.2. The van der Waals surface area contributed by atoms with Crippen LogP contribution < -0.4 is 16.0 Å². The van der Waals surface area contributed by atoms with Gasteiger partial charge in [-0.1, -0.05) is 84.9 Å². The van der Waals surface area contributed by atoms with Crippen LogP contribution >= 0.6 is 0 Å². The number of fused-ring (bicyclic) bond motifs is 3. The zero-order valence-electron chi connectivity index (χ0n) is 44.1. The van der Waals surface area contributed by atoms with Crippen LogP contribution in [0.15, 0.2) is 265 Å². The number of hydrogen-bond donors (Lipinski definition) is 4. The number of carbonyl (C=O) groups excluding carboxylic acids is 3. The summed E-state index contributed by atoms with van der Waals surface area (Å²) in [6.45, 7) is 0.730. The van der Waals surface area contributed by atoms with Crippen LogP contribution in [0.1, 0.15) is 48.2 Å². The highest BCUT2D eigenvalue weighted by Crippen LogP contribution is 2.24. The first-order chi connectivity index (χ1) is 40.6. The van der Waals surface area contributed by atoms with Crippen LogP contribution in [0, 0.1) is 0 Å². The second kappa shape index (κ2) is 25.1. The Labute approximate surface area is 481 Å². The van der Waals surface area contributed by atoms with Crippen LogP contribution in [0.3, 0.4) is 0 Å². The van der Waals surface area contributed by atoms with Crippen LogP contribution in [-0.2, 0) is 49.1 Å². The number of imidazole rings is 1. The van der Waals surface area contributed by atoms with E-state index >= 15 is 0 Å². The van der Waals surface area contributed by atoms with E-state index in [0.717, 1.165) is 22.0 Å². The molecular formula is C61H48N10O10S3. The molecule has 0 radical (unpaired) electrons. The minimum atomic E-state index is -3.65. The van der Waals surface area contributed by atoms with Crippen molar-refractivity contribution in [3.63, 3.8) is 0 Å². The average molecular weight is 1180 g/mol. The molecule has 0 aliphatic carbocycles. The van der Waals surface area contributed by atoms with Gasteiger partial charge in [-0.3, -0.25) is 24.4 Å². The molecule has 0 saturated carbocycles. The molecule has 12 rings (SSSR count). The lowest BCUT2D eigenvalue weighted by atomic mass is 10.2. The molecule has 7 aromatic heterocycles. The molecule has 0 spiro atoms. The molecule has 0 bridgehead atoms. The summed E-state index contributed by atoms with van der Waals surface area (Å²) in [5, 5.41) is 9.14. The Hall–Kier alpha value is -10.5. The molecule has 84 heavy (non-hydrogen) atoms. The fourth-order valence-corrected chi connectivity index (χ4v) is 12.0. The van der Waals surface area contributed by atoms with Crippen LogP contribution in [0.25, 0.3) is 27.6 Å². The van der Waals surface area contributed by atoms with E-state index < -0.39 is 29.5 Å². The number of aromatic nitrogens is 7.